The molecule has 8 heteroatoms. The molecule has 0 atom stereocenters. The van der Waals surface area contributed by atoms with Crippen molar-refractivity contribution in [2.24, 2.45) is 0 Å². The van der Waals surface area contributed by atoms with Gasteiger partial charge in [-0.3, -0.25) is 19.3 Å². The van der Waals surface area contributed by atoms with Gasteiger partial charge >= 0.3 is 0 Å². The smallest absolute Gasteiger partial charge is 0.259 e. The number of nitrogens with zero attached hydrogens (tertiary/aromatic N) is 2. The standard InChI is InChI=1S/C23H19ClFN3O2S/c1-3-19(29)22-21(13-4-7-15(25)8-5-13)18-10-14(24)6-9-17(18)23(30)28(22)12-16-11-20(31-2)27-26-16/h4-11H,3,12H2,1-2H3,(H,26,27). The number of pyridine rings is 1. The van der Waals surface area contributed by atoms with Crippen LogP contribution in [0.5, 0.6) is 0 Å². The molecule has 0 bridgehead atoms. The normalized spacial score (nSPS) is 11.2. The van der Waals surface area contributed by atoms with Gasteiger partial charge in [0.05, 0.1) is 17.9 Å². The molecular formula is C23H19ClFN3O2S. The highest BCUT2D eigenvalue weighted by Crippen LogP contribution is 2.33. The van der Waals surface area contributed by atoms with E-state index in [4.69, 9.17) is 11.6 Å². The summed E-state index contributed by atoms with van der Waals surface area (Å²) in [5, 5.41) is 9.35. The molecule has 0 saturated carbocycles. The van der Waals surface area contributed by atoms with Crippen LogP contribution in [0.25, 0.3) is 21.9 Å². The largest absolute Gasteiger partial charge is 0.298 e. The molecule has 0 fully saturated rings. The van der Waals surface area contributed by atoms with E-state index >= 15 is 0 Å². The van der Waals surface area contributed by atoms with Crippen molar-refractivity contribution in [1.82, 2.24) is 14.8 Å². The van der Waals surface area contributed by atoms with Crippen molar-refractivity contribution in [1.29, 1.82) is 0 Å². The first-order valence-corrected chi connectivity index (χ1v) is 11.3. The Morgan fingerprint density at radius 2 is 1.90 bits per heavy atom. The molecule has 2 heterocycles. The molecule has 0 aliphatic carbocycles. The molecule has 2 aromatic heterocycles. The van der Waals surface area contributed by atoms with Gasteiger partial charge in [-0.2, -0.15) is 5.10 Å². The number of aromatic nitrogens is 3. The number of ketones is 1. The molecule has 0 saturated heterocycles. The summed E-state index contributed by atoms with van der Waals surface area (Å²) in [6, 6.07) is 12.7. The zero-order chi connectivity index (χ0) is 22.1. The summed E-state index contributed by atoms with van der Waals surface area (Å²) < 4.78 is 15.1. The van der Waals surface area contributed by atoms with Crippen LogP contribution < -0.4 is 5.56 Å². The van der Waals surface area contributed by atoms with Gasteiger partial charge in [-0.25, -0.2) is 4.39 Å². The van der Waals surface area contributed by atoms with Crippen LogP contribution in [0.2, 0.25) is 5.02 Å². The minimum atomic E-state index is -0.384. The SMILES string of the molecule is CCC(=O)c1c(-c2ccc(F)cc2)c2cc(Cl)ccc2c(=O)n1Cc1cc(SC)n[nH]1. The average molecular weight is 456 g/mol. The fourth-order valence-electron chi connectivity index (χ4n) is 3.63. The lowest BCUT2D eigenvalue weighted by Crippen LogP contribution is -2.28. The molecule has 5 nitrogen and oxygen atoms in total. The Bertz CT molecular complexity index is 1350. The highest BCUT2D eigenvalue weighted by molar-refractivity contribution is 7.98. The molecule has 0 aliphatic heterocycles. The Morgan fingerprint density at radius 1 is 1.16 bits per heavy atom. The maximum Gasteiger partial charge on any atom is 0.259 e. The van der Waals surface area contributed by atoms with E-state index in [0.29, 0.717) is 32.6 Å². The lowest BCUT2D eigenvalue weighted by molar-refractivity contribution is 0.0979. The number of carbonyl (C=O) groups excluding carboxylic acids is 1. The number of fused-ring (bicyclic) bond motifs is 1. The topological polar surface area (TPSA) is 67.8 Å². The number of halogens is 2. The molecule has 0 unspecified atom stereocenters. The van der Waals surface area contributed by atoms with E-state index in [9.17, 15) is 14.0 Å². The molecule has 0 aliphatic rings. The van der Waals surface area contributed by atoms with Crippen molar-refractivity contribution >= 4 is 39.9 Å². The van der Waals surface area contributed by atoms with Gasteiger partial charge in [0, 0.05) is 22.4 Å². The number of nitrogens with one attached hydrogen (secondary N) is 1. The van der Waals surface area contributed by atoms with E-state index in [-0.39, 0.29) is 35.8 Å². The third-order valence-corrected chi connectivity index (χ3v) is 5.96. The molecule has 4 rings (SSSR count). The van der Waals surface area contributed by atoms with Crippen molar-refractivity contribution in [3.05, 3.63) is 81.1 Å². The number of aromatic amines is 1. The van der Waals surface area contributed by atoms with Gasteiger partial charge in [-0.05, 0) is 53.6 Å². The molecule has 158 valence electrons. The summed E-state index contributed by atoms with van der Waals surface area (Å²) >= 11 is 7.72. The van der Waals surface area contributed by atoms with E-state index in [1.807, 2.05) is 12.3 Å². The first-order valence-electron chi connectivity index (χ1n) is 9.66. The van der Waals surface area contributed by atoms with Crippen molar-refractivity contribution < 1.29 is 9.18 Å². The Balaban J connectivity index is 2.09. The van der Waals surface area contributed by atoms with Crippen molar-refractivity contribution in [2.45, 2.75) is 24.9 Å². The first kappa shape index (κ1) is 21.3. The molecule has 4 aromatic rings. The second kappa shape index (κ2) is 8.69. The number of hydrogen-bond donors (Lipinski definition) is 1. The van der Waals surface area contributed by atoms with Crippen LogP contribution in [0.1, 0.15) is 29.5 Å². The highest BCUT2D eigenvalue weighted by Gasteiger charge is 2.23. The second-order valence-electron chi connectivity index (χ2n) is 7.02. The van der Waals surface area contributed by atoms with Crippen LogP contribution >= 0.6 is 23.4 Å². The molecule has 0 spiro atoms. The first-order chi connectivity index (χ1) is 14.9. The number of benzene rings is 2. The molecule has 2 aromatic carbocycles. The van der Waals surface area contributed by atoms with Crippen molar-refractivity contribution in [2.75, 3.05) is 6.26 Å². The van der Waals surface area contributed by atoms with Crippen LogP contribution in [0, 0.1) is 5.82 Å². The fraction of sp³-hybridized carbons (Fsp3) is 0.174. The van der Waals surface area contributed by atoms with Crippen LogP contribution in [0.4, 0.5) is 4.39 Å². The summed E-state index contributed by atoms with van der Waals surface area (Å²) in [6.45, 7) is 1.90. The second-order valence-corrected chi connectivity index (χ2v) is 8.29. The minimum Gasteiger partial charge on any atom is -0.298 e. The predicted molar refractivity (Wildman–Crippen MR) is 123 cm³/mol. The van der Waals surface area contributed by atoms with Gasteiger partial charge < -0.3 is 0 Å². The van der Waals surface area contributed by atoms with E-state index in [2.05, 4.69) is 10.2 Å². The molecule has 31 heavy (non-hydrogen) atoms. The molecule has 0 radical (unpaired) electrons. The van der Waals surface area contributed by atoms with Crippen LogP contribution in [-0.2, 0) is 6.54 Å². The number of carbonyl (C=O) groups is 1. The summed E-state index contributed by atoms with van der Waals surface area (Å²) in [7, 11) is 0. The Morgan fingerprint density at radius 3 is 2.55 bits per heavy atom. The number of Topliss-reactive ketones (excluding diaryl/α,β-unsaturated/α-hetero) is 1. The zero-order valence-corrected chi connectivity index (χ0v) is 18.5. The van der Waals surface area contributed by atoms with Gasteiger partial charge in [-0.15, -0.1) is 11.8 Å². The number of H-pyrrole nitrogens is 1. The molecule has 0 amide bonds. The van der Waals surface area contributed by atoms with E-state index < -0.39 is 0 Å². The molecular weight excluding hydrogens is 437 g/mol. The maximum atomic E-state index is 13.6. The van der Waals surface area contributed by atoms with E-state index in [1.165, 1.54) is 28.5 Å². The predicted octanol–water partition coefficient (Wildman–Crippen LogP) is 5.55. The van der Waals surface area contributed by atoms with Gasteiger partial charge in [0.25, 0.3) is 5.56 Å². The zero-order valence-electron chi connectivity index (χ0n) is 16.9. The summed E-state index contributed by atoms with van der Waals surface area (Å²) in [5.74, 6) is -0.576. The van der Waals surface area contributed by atoms with Gasteiger partial charge in [0.15, 0.2) is 5.78 Å². The lowest BCUT2D eigenvalue weighted by atomic mass is 9.94. The third kappa shape index (κ3) is 4.03. The maximum absolute atomic E-state index is 13.6. The van der Waals surface area contributed by atoms with E-state index in [0.717, 1.165) is 5.03 Å². The van der Waals surface area contributed by atoms with Gasteiger partial charge in [0.1, 0.15) is 10.8 Å². The van der Waals surface area contributed by atoms with Gasteiger partial charge in [-0.1, -0.05) is 30.7 Å². The minimum absolute atomic E-state index is 0.153. The van der Waals surface area contributed by atoms with Crippen molar-refractivity contribution in [3.8, 4) is 11.1 Å². The van der Waals surface area contributed by atoms with Crippen LogP contribution in [-0.4, -0.2) is 26.8 Å². The van der Waals surface area contributed by atoms with Crippen LogP contribution in [0.15, 0.2) is 58.4 Å². The third-order valence-electron chi connectivity index (χ3n) is 5.10. The Labute approximate surface area is 187 Å². The summed E-state index contributed by atoms with van der Waals surface area (Å²) in [4.78, 5) is 26.6. The Hall–Kier alpha value is -2.90. The Kier molecular flexibility index (Phi) is 5.98. The number of thioether (sulfide) groups is 1. The molecule has 1 N–H and O–H groups in total. The quantitative estimate of drug-likeness (QED) is 0.306. The summed E-state index contributed by atoms with van der Waals surface area (Å²) in [6.07, 6.45) is 2.11. The van der Waals surface area contributed by atoms with Crippen molar-refractivity contribution in [3.63, 3.8) is 0 Å². The average Bonchev–Trinajstić information content (AvgIpc) is 3.23. The van der Waals surface area contributed by atoms with Crippen LogP contribution in [0.3, 0.4) is 0 Å². The monoisotopic (exact) mass is 455 g/mol. The van der Waals surface area contributed by atoms with E-state index in [1.54, 1.807) is 37.3 Å². The lowest BCUT2D eigenvalue weighted by Gasteiger charge is -2.19. The highest BCUT2D eigenvalue weighted by atomic mass is 35.5. The number of hydrogen-bond acceptors (Lipinski definition) is 4. The number of rotatable bonds is 6. The summed E-state index contributed by atoms with van der Waals surface area (Å²) in [5.41, 5.74) is 1.88. The fourth-order valence-corrected chi connectivity index (χ4v) is 4.20. The van der Waals surface area contributed by atoms with Gasteiger partial charge in [0.2, 0.25) is 0 Å².